The Morgan fingerprint density at radius 1 is 1.22 bits per heavy atom. The van der Waals surface area contributed by atoms with Crippen molar-refractivity contribution in [2.45, 2.75) is 6.42 Å². The third-order valence-electron chi connectivity index (χ3n) is 3.46. The van der Waals surface area contributed by atoms with Crippen LogP contribution in [-0.2, 0) is 6.42 Å². The van der Waals surface area contributed by atoms with Gasteiger partial charge in [0.05, 0.1) is 11.4 Å². The molecule has 2 N–H and O–H groups in total. The van der Waals surface area contributed by atoms with E-state index in [4.69, 9.17) is 10.7 Å². The molecule has 0 amide bonds. The molecule has 0 radical (unpaired) electrons. The van der Waals surface area contributed by atoms with Gasteiger partial charge in [0.2, 0.25) is 0 Å². The van der Waals surface area contributed by atoms with E-state index in [1.165, 1.54) is 16.8 Å². The monoisotopic (exact) mass is 299 g/mol. The number of nitrogens with two attached hydrogens (primary N) is 1. The quantitative estimate of drug-likeness (QED) is 0.542. The van der Waals surface area contributed by atoms with Gasteiger partial charge in [0.1, 0.15) is 5.65 Å². The number of anilines is 1. The molecule has 0 fully saturated rings. The molecule has 3 nitrogen and oxygen atoms in total. The van der Waals surface area contributed by atoms with E-state index in [1.807, 2.05) is 18.3 Å². The van der Waals surface area contributed by atoms with E-state index in [1.54, 1.807) is 0 Å². The van der Waals surface area contributed by atoms with Crippen LogP contribution in [0, 0.1) is 0 Å². The van der Waals surface area contributed by atoms with Crippen LogP contribution in [-0.4, -0.2) is 9.38 Å². The Labute approximate surface area is 112 Å². The van der Waals surface area contributed by atoms with Crippen molar-refractivity contribution in [3.63, 3.8) is 0 Å². The van der Waals surface area contributed by atoms with Gasteiger partial charge >= 0.3 is 0 Å². The van der Waals surface area contributed by atoms with Crippen LogP contribution in [0.2, 0.25) is 0 Å². The Morgan fingerprint density at radius 3 is 3.00 bits per heavy atom. The molecule has 1 aliphatic rings. The lowest BCUT2D eigenvalue weighted by Gasteiger charge is -2.02. The highest BCUT2D eigenvalue weighted by molar-refractivity contribution is 9.10. The van der Waals surface area contributed by atoms with E-state index >= 15 is 0 Å². The first-order valence-electron chi connectivity index (χ1n) is 5.78. The molecule has 0 aliphatic heterocycles. The lowest BCUT2D eigenvalue weighted by Crippen LogP contribution is -1.94. The number of aromatic nitrogens is 2. The van der Waals surface area contributed by atoms with Gasteiger partial charge in [-0.15, -0.1) is 0 Å². The Hall–Kier alpha value is -1.81. The van der Waals surface area contributed by atoms with Crippen LogP contribution in [0.5, 0.6) is 0 Å². The minimum absolute atomic E-state index is 0.762. The topological polar surface area (TPSA) is 43.3 Å². The predicted octanol–water partition coefficient (Wildman–Crippen LogP) is 3.25. The van der Waals surface area contributed by atoms with Crippen LogP contribution >= 0.6 is 15.9 Å². The van der Waals surface area contributed by atoms with Crippen LogP contribution < -0.4 is 5.73 Å². The van der Waals surface area contributed by atoms with Crippen molar-refractivity contribution in [3.8, 4) is 11.3 Å². The number of benzene rings is 1. The number of fused-ring (bicyclic) bond motifs is 5. The molecule has 0 bridgehead atoms. The molecule has 2 heterocycles. The summed E-state index contributed by atoms with van der Waals surface area (Å²) in [6.07, 6.45) is 2.84. The highest BCUT2D eigenvalue weighted by Crippen LogP contribution is 2.39. The highest BCUT2D eigenvalue weighted by Gasteiger charge is 2.25. The molecule has 4 rings (SSSR count). The summed E-state index contributed by atoms with van der Waals surface area (Å²) in [5, 5.41) is 0. The van der Waals surface area contributed by atoms with Crippen molar-refractivity contribution in [1.82, 2.24) is 9.38 Å². The zero-order valence-corrected chi connectivity index (χ0v) is 11.1. The number of pyridine rings is 1. The second-order valence-corrected chi connectivity index (χ2v) is 5.39. The smallest absolute Gasteiger partial charge is 0.137 e. The number of hydrogen-bond acceptors (Lipinski definition) is 2. The van der Waals surface area contributed by atoms with E-state index in [0.717, 1.165) is 27.9 Å². The first kappa shape index (κ1) is 10.1. The molecule has 0 saturated heterocycles. The van der Waals surface area contributed by atoms with Crippen molar-refractivity contribution in [2.24, 2.45) is 0 Å². The summed E-state index contributed by atoms with van der Waals surface area (Å²) in [5.74, 6) is 0. The van der Waals surface area contributed by atoms with E-state index in [2.05, 4.69) is 38.5 Å². The third kappa shape index (κ3) is 1.21. The van der Waals surface area contributed by atoms with Crippen LogP contribution in [0.4, 0.5) is 5.69 Å². The molecular weight excluding hydrogens is 290 g/mol. The van der Waals surface area contributed by atoms with E-state index in [-0.39, 0.29) is 0 Å². The molecule has 0 saturated carbocycles. The minimum atomic E-state index is 0.762. The Kier molecular flexibility index (Phi) is 1.89. The van der Waals surface area contributed by atoms with E-state index < -0.39 is 0 Å². The number of hydrogen-bond donors (Lipinski definition) is 1. The molecular formula is C14H10BrN3. The van der Waals surface area contributed by atoms with Gasteiger partial charge in [-0.1, -0.05) is 28.1 Å². The summed E-state index contributed by atoms with van der Waals surface area (Å²) in [6, 6.07) is 10.1. The first-order valence-corrected chi connectivity index (χ1v) is 6.57. The fourth-order valence-electron chi connectivity index (χ4n) is 2.62. The van der Waals surface area contributed by atoms with Crippen molar-refractivity contribution in [3.05, 3.63) is 52.3 Å². The first-order chi connectivity index (χ1) is 8.74. The fourth-order valence-corrected chi connectivity index (χ4v) is 3.13. The van der Waals surface area contributed by atoms with Gasteiger partial charge in [0, 0.05) is 28.3 Å². The zero-order chi connectivity index (χ0) is 12.3. The lowest BCUT2D eigenvalue weighted by atomic mass is 10.1. The molecule has 0 unspecified atom stereocenters. The van der Waals surface area contributed by atoms with E-state index in [9.17, 15) is 0 Å². The third-order valence-corrected chi connectivity index (χ3v) is 4.20. The maximum atomic E-state index is 5.85. The molecule has 3 aromatic rings. The molecule has 1 aromatic carbocycles. The van der Waals surface area contributed by atoms with Crippen LogP contribution in [0.25, 0.3) is 16.9 Å². The molecule has 0 spiro atoms. The summed E-state index contributed by atoms with van der Waals surface area (Å²) in [4.78, 5) is 4.70. The summed E-state index contributed by atoms with van der Waals surface area (Å²) < 4.78 is 3.24. The number of halogens is 1. The van der Waals surface area contributed by atoms with Crippen LogP contribution in [0.1, 0.15) is 11.3 Å². The van der Waals surface area contributed by atoms with Crippen LogP contribution in [0.3, 0.4) is 0 Å². The van der Waals surface area contributed by atoms with Crippen LogP contribution in [0.15, 0.2) is 41.0 Å². The van der Waals surface area contributed by atoms with Gasteiger partial charge in [-0.05, 0) is 23.8 Å². The lowest BCUT2D eigenvalue weighted by molar-refractivity contribution is 1.05. The summed E-state index contributed by atoms with van der Waals surface area (Å²) in [7, 11) is 0. The molecule has 88 valence electrons. The summed E-state index contributed by atoms with van der Waals surface area (Å²) >= 11 is 3.61. The van der Waals surface area contributed by atoms with Crippen molar-refractivity contribution in [2.75, 3.05) is 5.73 Å². The summed E-state index contributed by atoms with van der Waals surface area (Å²) in [5.41, 5.74) is 12.4. The fraction of sp³-hybridized carbons (Fsp3) is 0.0714. The second-order valence-electron chi connectivity index (χ2n) is 4.54. The average molecular weight is 300 g/mol. The van der Waals surface area contributed by atoms with Gasteiger partial charge < -0.3 is 10.1 Å². The van der Waals surface area contributed by atoms with Gasteiger partial charge in [-0.2, -0.15) is 0 Å². The van der Waals surface area contributed by atoms with Crippen molar-refractivity contribution >= 4 is 27.3 Å². The summed E-state index contributed by atoms with van der Waals surface area (Å²) in [6.45, 7) is 0. The highest BCUT2D eigenvalue weighted by atomic mass is 79.9. The number of nitrogen functional groups attached to an aromatic ring is 1. The molecule has 4 heteroatoms. The number of imidazole rings is 1. The predicted molar refractivity (Wildman–Crippen MR) is 75.5 cm³/mol. The second kappa shape index (κ2) is 3.36. The maximum Gasteiger partial charge on any atom is 0.137 e. The van der Waals surface area contributed by atoms with Gasteiger partial charge in [-0.3, -0.25) is 0 Å². The Bertz CT molecular complexity index is 789. The molecule has 0 atom stereocenters. The zero-order valence-electron chi connectivity index (χ0n) is 9.52. The Morgan fingerprint density at radius 2 is 2.11 bits per heavy atom. The minimum Gasteiger partial charge on any atom is -0.398 e. The largest absolute Gasteiger partial charge is 0.398 e. The number of rotatable bonds is 0. The van der Waals surface area contributed by atoms with Gasteiger partial charge in [0.15, 0.2) is 0 Å². The van der Waals surface area contributed by atoms with E-state index in [0.29, 0.717) is 0 Å². The molecule has 1 aliphatic carbocycles. The van der Waals surface area contributed by atoms with Crippen molar-refractivity contribution < 1.29 is 0 Å². The normalized spacial score (nSPS) is 12.7. The maximum absolute atomic E-state index is 5.85. The molecule has 2 aromatic heterocycles. The Balaban J connectivity index is 2.08. The standard InChI is InChI=1S/C14H10BrN3/c15-11-3-1-2-9-10(11)6-12-14(9)17-13-5-4-8(16)7-18(12)13/h1-5,7H,6,16H2. The average Bonchev–Trinajstić information content (AvgIpc) is 2.87. The molecule has 18 heavy (non-hydrogen) atoms. The van der Waals surface area contributed by atoms with Gasteiger partial charge in [0.25, 0.3) is 0 Å². The SMILES string of the molecule is Nc1ccc2nc3c(n2c1)Cc1c(Br)cccc1-3. The van der Waals surface area contributed by atoms with Gasteiger partial charge in [-0.25, -0.2) is 4.98 Å². The number of nitrogens with zero attached hydrogens (tertiary/aromatic N) is 2. The van der Waals surface area contributed by atoms with Crippen molar-refractivity contribution in [1.29, 1.82) is 0 Å².